The molecule has 0 aliphatic carbocycles. The van der Waals surface area contributed by atoms with Crippen LogP contribution in [0.2, 0.25) is 10.0 Å². The lowest BCUT2D eigenvalue weighted by Gasteiger charge is -2.28. The number of hydrogen-bond donors (Lipinski definition) is 1. The molecular weight excluding hydrogens is 663 g/mol. The van der Waals surface area contributed by atoms with Gasteiger partial charge in [-0.1, -0.05) is 65.3 Å². The number of carbonyl (C=O) groups is 1. The zero-order valence-corrected chi connectivity index (χ0v) is 26.9. The number of esters is 1. The minimum Gasteiger partial charge on any atom is -0.490 e. The first-order chi connectivity index (χ1) is 20.3. The molecule has 1 aliphatic heterocycles. The van der Waals surface area contributed by atoms with Crippen molar-refractivity contribution in [2.45, 2.75) is 37.4 Å². The fourth-order valence-corrected chi connectivity index (χ4v) is 6.33. The molecule has 3 aromatic carbocycles. The van der Waals surface area contributed by atoms with Crippen molar-refractivity contribution in [1.82, 2.24) is 14.8 Å². The van der Waals surface area contributed by atoms with E-state index in [9.17, 15) is 4.79 Å². The van der Waals surface area contributed by atoms with Gasteiger partial charge in [0.15, 0.2) is 11.5 Å². The molecule has 0 radical (unpaired) electrons. The second kappa shape index (κ2) is 13.4. The van der Waals surface area contributed by atoms with E-state index < -0.39 is 12.0 Å². The average Bonchev–Trinajstić information content (AvgIpc) is 3.38. The number of anilines is 1. The van der Waals surface area contributed by atoms with Gasteiger partial charge in [0.05, 0.1) is 23.8 Å². The Kier molecular flexibility index (Phi) is 9.67. The van der Waals surface area contributed by atoms with E-state index in [0.29, 0.717) is 67.4 Å². The molecule has 4 aromatic rings. The summed E-state index contributed by atoms with van der Waals surface area (Å²) in [4.78, 5) is 17.8. The van der Waals surface area contributed by atoms with E-state index in [1.807, 2.05) is 74.5 Å². The summed E-state index contributed by atoms with van der Waals surface area (Å²) in [6.45, 7) is 4.44. The predicted octanol–water partition coefficient (Wildman–Crippen LogP) is 8.08. The normalized spacial score (nSPS) is 14.3. The summed E-state index contributed by atoms with van der Waals surface area (Å²) < 4.78 is 19.7. The van der Waals surface area contributed by atoms with Crippen molar-refractivity contribution in [2.75, 3.05) is 19.0 Å². The number of allylic oxidation sites excluding steroid dienone is 1. The van der Waals surface area contributed by atoms with E-state index in [4.69, 9.17) is 47.5 Å². The fourth-order valence-electron chi connectivity index (χ4n) is 4.52. The molecule has 0 bridgehead atoms. The van der Waals surface area contributed by atoms with E-state index in [0.717, 1.165) is 16.7 Å². The molecular formula is C30H27BrCl2N4O4S. The fraction of sp³-hybridized carbons (Fsp3) is 0.233. The second-order valence-corrected chi connectivity index (χ2v) is 11.9. The Labute approximate surface area is 266 Å². The number of rotatable bonds is 10. The van der Waals surface area contributed by atoms with Crippen molar-refractivity contribution in [3.8, 4) is 11.5 Å². The Morgan fingerprint density at radius 2 is 1.88 bits per heavy atom. The molecule has 1 aliphatic rings. The summed E-state index contributed by atoms with van der Waals surface area (Å²) in [5.74, 6) is 1.67. The number of methoxy groups -OCH3 is 1. The summed E-state index contributed by atoms with van der Waals surface area (Å²) in [6, 6.07) is 18.2. The van der Waals surface area contributed by atoms with Crippen LogP contribution in [0.3, 0.4) is 0 Å². The van der Waals surface area contributed by atoms with Crippen molar-refractivity contribution in [1.29, 1.82) is 0 Å². The third-order valence-electron chi connectivity index (χ3n) is 6.50. The third kappa shape index (κ3) is 6.57. The van der Waals surface area contributed by atoms with E-state index in [1.165, 1.54) is 18.9 Å². The molecule has 12 heteroatoms. The number of ether oxygens (including phenoxy) is 3. The second-order valence-electron chi connectivity index (χ2n) is 9.28. The predicted molar refractivity (Wildman–Crippen MR) is 169 cm³/mol. The monoisotopic (exact) mass is 688 g/mol. The topological polar surface area (TPSA) is 87.5 Å². The first-order valence-electron chi connectivity index (χ1n) is 13.0. The molecule has 1 N–H and O–H groups in total. The Bertz CT molecular complexity index is 1650. The maximum absolute atomic E-state index is 13.1. The lowest BCUT2D eigenvalue weighted by Crippen LogP contribution is -2.29. The van der Waals surface area contributed by atoms with Crippen molar-refractivity contribution < 1.29 is 19.0 Å². The number of nitrogens with zero attached hydrogens (tertiary/aromatic N) is 3. The molecule has 0 amide bonds. The van der Waals surface area contributed by atoms with Crippen molar-refractivity contribution in [2.24, 2.45) is 0 Å². The number of hydrogen-bond acceptors (Lipinski definition) is 8. The number of carbonyl (C=O) groups excluding carboxylic acids is 1. The summed E-state index contributed by atoms with van der Waals surface area (Å²) in [6.07, 6.45) is 0. The van der Waals surface area contributed by atoms with Crippen LogP contribution in [-0.4, -0.2) is 34.5 Å². The van der Waals surface area contributed by atoms with Gasteiger partial charge in [0, 0.05) is 21.5 Å². The minimum absolute atomic E-state index is 0.314. The van der Waals surface area contributed by atoms with E-state index >= 15 is 0 Å². The SMILES string of the molecule is CCOc1cc(C2C(C(=O)OC)=C(C)Nc3nc(SCc4ccccc4Cl)nn32)cc(Br)c1OCc1ccc(Cl)cc1. The third-order valence-corrected chi connectivity index (χ3v) is 8.59. The van der Waals surface area contributed by atoms with Crippen LogP contribution in [0.15, 0.2) is 81.6 Å². The first-order valence-corrected chi connectivity index (χ1v) is 15.5. The molecule has 1 atom stereocenters. The number of benzene rings is 3. The number of fused-ring (bicyclic) bond motifs is 1. The van der Waals surface area contributed by atoms with Crippen molar-refractivity contribution in [3.63, 3.8) is 0 Å². The number of thioether (sulfide) groups is 1. The Balaban J connectivity index is 1.51. The maximum Gasteiger partial charge on any atom is 0.338 e. The van der Waals surface area contributed by atoms with Gasteiger partial charge in [-0.25, -0.2) is 9.48 Å². The van der Waals surface area contributed by atoms with Gasteiger partial charge in [-0.2, -0.15) is 4.98 Å². The molecule has 8 nitrogen and oxygen atoms in total. The molecule has 0 fully saturated rings. The molecule has 1 unspecified atom stereocenters. The van der Waals surface area contributed by atoms with E-state index in [1.54, 1.807) is 4.68 Å². The molecule has 218 valence electrons. The highest BCUT2D eigenvalue weighted by atomic mass is 79.9. The van der Waals surface area contributed by atoms with Crippen LogP contribution in [0, 0.1) is 0 Å². The van der Waals surface area contributed by atoms with Gasteiger partial charge in [-0.05, 0) is 76.8 Å². The maximum atomic E-state index is 13.1. The first kappa shape index (κ1) is 30.3. The van der Waals surface area contributed by atoms with Gasteiger partial charge in [0.2, 0.25) is 11.1 Å². The van der Waals surface area contributed by atoms with Gasteiger partial charge in [0.25, 0.3) is 0 Å². The molecule has 42 heavy (non-hydrogen) atoms. The van der Waals surface area contributed by atoms with Gasteiger partial charge in [-0.3, -0.25) is 0 Å². The Hall–Kier alpha value is -3.18. The molecule has 0 saturated heterocycles. The number of halogens is 3. The summed E-state index contributed by atoms with van der Waals surface area (Å²) in [5, 5.41) is 9.88. The highest BCUT2D eigenvalue weighted by molar-refractivity contribution is 9.10. The highest BCUT2D eigenvalue weighted by Gasteiger charge is 2.36. The molecule has 0 spiro atoms. The van der Waals surface area contributed by atoms with E-state index in [2.05, 4.69) is 21.2 Å². The smallest absolute Gasteiger partial charge is 0.338 e. The molecule has 5 rings (SSSR count). The van der Waals surface area contributed by atoms with Gasteiger partial charge < -0.3 is 19.5 Å². The van der Waals surface area contributed by atoms with Crippen LogP contribution < -0.4 is 14.8 Å². The summed E-state index contributed by atoms with van der Waals surface area (Å²) in [5.41, 5.74) is 3.69. The zero-order chi connectivity index (χ0) is 29.8. The Morgan fingerprint density at radius 1 is 1.12 bits per heavy atom. The van der Waals surface area contributed by atoms with E-state index in [-0.39, 0.29) is 0 Å². The van der Waals surface area contributed by atoms with Crippen molar-refractivity contribution >= 4 is 62.8 Å². The van der Waals surface area contributed by atoms with Gasteiger partial charge in [-0.15, -0.1) is 5.10 Å². The average molecular weight is 690 g/mol. The van der Waals surface area contributed by atoms with Gasteiger partial charge in [0.1, 0.15) is 12.6 Å². The zero-order valence-electron chi connectivity index (χ0n) is 23.0. The van der Waals surface area contributed by atoms with Crippen LogP contribution in [0.25, 0.3) is 0 Å². The largest absolute Gasteiger partial charge is 0.490 e. The lowest BCUT2D eigenvalue weighted by molar-refractivity contribution is -0.136. The minimum atomic E-state index is -0.642. The standard InChI is InChI=1S/C30H27BrCl2N4O4S/c1-4-40-24-14-20(13-22(31)27(24)41-15-18-9-11-21(32)12-10-18)26-25(28(38)39-3)17(2)34-29-35-30(36-37(26)29)42-16-19-7-5-6-8-23(19)33/h5-14,26H,4,15-16H2,1-3H3,(H,34,35,36). The van der Waals surface area contributed by atoms with Crippen molar-refractivity contribution in [3.05, 3.63) is 103 Å². The quantitative estimate of drug-likeness (QED) is 0.132. The molecule has 2 heterocycles. The molecule has 1 aromatic heterocycles. The lowest BCUT2D eigenvalue weighted by atomic mass is 9.95. The van der Waals surface area contributed by atoms with Crippen LogP contribution >= 0.6 is 50.9 Å². The highest BCUT2D eigenvalue weighted by Crippen LogP contribution is 2.44. The molecule has 0 saturated carbocycles. The van der Waals surface area contributed by atoms with Crippen LogP contribution in [-0.2, 0) is 21.9 Å². The van der Waals surface area contributed by atoms with Gasteiger partial charge >= 0.3 is 5.97 Å². The number of aromatic nitrogens is 3. The van der Waals surface area contributed by atoms with Crippen LogP contribution in [0.1, 0.15) is 36.6 Å². The Morgan fingerprint density at radius 3 is 2.60 bits per heavy atom. The summed E-state index contributed by atoms with van der Waals surface area (Å²) >= 11 is 17.5. The number of nitrogens with one attached hydrogen (secondary N) is 1. The van der Waals surface area contributed by atoms with Crippen LogP contribution in [0.4, 0.5) is 5.95 Å². The van der Waals surface area contributed by atoms with Crippen LogP contribution in [0.5, 0.6) is 11.5 Å². The summed E-state index contributed by atoms with van der Waals surface area (Å²) in [7, 11) is 1.36.